The minimum atomic E-state index is -0.987. The smallest absolute Gasteiger partial charge is 0.178 e. The van der Waals surface area contributed by atoms with Gasteiger partial charge >= 0.3 is 0 Å². The second-order valence-corrected chi connectivity index (χ2v) is 4.64. The predicted molar refractivity (Wildman–Crippen MR) is 72.6 cm³/mol. The summed E-state index contributed by atoms with van der Waals surface area (Å²) in [5.41, 5.74) is 1.08. The first-order chi connectivity index (χ1) is 9.70. The Hall–Kier alpha value is -2.68. The fourth-order valence-corrected chi connectivity index (χ4v) is 2.46. The molecular weight excluding hydrogens is 252 g/mol. The summed E-state index contributed by atoms with van der Waals surface area (Å²) in [7, 11) is 0. The van der Waals surface area contributed by atoms with Crippen LogP contribution in [0.1, 0.15) is 17.0 Å². The second-order valence-electron chi connectivity index (χ2n) is 4.64. The van der Waals surface area contributed by atoms with Crippen LogP contribution in [0.15, 0.2) is 66.4 Å². The van der Waals surface area contributed by atoms with Crippen LogP contribution in [0.5, 0.6) is 0 Å². The number of carbonyl (C=O) groups excluding carboxylic acids is 2. The Kier molecular flexibility index (Phi) is 2.95. The highest BCUT2D eigenvalue weighted by atomic mass is 16.3. The lowest BCUT2D eigenvalue weighted by Crippen LogP contribution is -2.18. The highest BCUT2D eigenvalue weighted by Crippen LogP contribution is 2.35. The molecule has 0 aliphatic heterocycles. The average Bonchev–Trinajstić information content (AvgIpc) is 2.71. The molecule has 2 aromatic rings. The number of rotatable bonds is 2. The van der Waals surface area contributed by atoms with Gasteiger partial charge in [-0.15, -0.1) is 0 Å². The van der Waals surface area contributed by atoms with E-state index in [1.54, 1.807) is 60.7 Å². The summed E-state index contributed by atoms with van der Waals surface area (Å²) in [6, 6.07) is 17.3. The largest absolute Gasteiger partial charge is 0.870 e. The molecule has 1 aliphatic rings. The van der Waals surface area contributed by atoms with Gasteiger partial charge in [0.1, 0.15) is 5.92 Å². The van der Waals surface area contributed by atoms with E-state index in [2.05, 4.69) is 0 Å². The number of ketones is 2. The Balaban J connectivity index is 2.07. The summed E-state index contributed by atoms with van der Waals surface area (Å²) in [5, 5.41) is 12.1. The normalized spacial score (nSPS) is 18.7. The highest BCUT2D eigenvalue weighted by molar-refractivity contribution is 6.41. The summed E-state index contributed by atoms with van der Waals surface area (Å²) in [6.07, 6.45) is 0. The topological polar surface area (TPSA) is 57.2 Å². The van der Waals surface area contributed by atoms with Crippen molar-refractivity contribution in [2.24, 2.45) is 0 Å². The van der Waals surface area contributed by atoms with E-state index >= 15 is 0 Å². The molecular formula is C17H11O3-. The quantitative estimate of drug-likeness (QED) is 0.775. The second kappa shape index (κ2) is 4.78. The van der Waals surface area contributed by atoms with Crippen molar-refractivity contribution in [2.45, 2.75) is 5.92 Å². The van der Waals surface area contributed by atoms with Crippen LogP contribution in [0.4, 0.5) is 0 Å². The van der Waals surface area contributed by atoms with Gasteiger partial charge in [0.2, 0.25) is 0 Å². The molecule has 0 amide bonds. The van der Waals surface area contributed by atoms with Gasteiger partial charge in [-0.1, -0.05) is 66.4 Å². The van der Waals surface area contributed by atoms with Crippen molar-refractivity contribution in [3.63, 3.8) is 0 Å². The summed E-state index contributed by atoms with van der Waals surface area (Å²) < 4.78 is 0. The SMILES string of the molecule is O=C1C([O-])=C(c2ccccc2)C(=O)[C@@H]1c1ccccc1. The zero-order chi connectivity index (χ0) is 14.1. The minimum absolute atomic E-state index is 0.00412. The molecule has 0 spiro atoms. The molecule has 3 heteroatoms. The number of benzene rings is 2. The molecule has 0 unspecified atom stereocenters. The van der Waals surface area contributed by atoms with Crippen molar-refractivity contribution in [3.8, 4) is 0 Å². The Morgan fingerprint density at radius 3 is 1.90 bits per heavy atom. The van der Waals surface area contributed by atoms with E-state index in [-0.39, 0.29) is 5.57 Å². The van der Waals surface area contributed by atoms with E-state index in [0.717, 1.165) is 0 Å². The van der Waals surface area contributed by atoms with Crippen molar-refractivity contribution >= 4 is 17.1 Å². The van der Waals surface area contributed by atoms with Crippen LogP contribution in [0.3, 0.4) is 0 Å². The third kappa shape index (κ3) is 1.84. The van der Waals surface area contributed by atoms with Crippen molar-refractivity contribution in [2.75, 3.05) is 0 Å². The molecule has 98 valence electrons. The molecule has 0 saturated heterocycles. The molecule has 2 aromatic carbocycles. The van der Waals surface area contributed by atoms with Crippen LogP contribution in [0, 0.1) is 0 Å². The fourth-order valence-electron chi connectivity index (χ4n) is 2.46. The van der Waals surface area contributed by atoms with Crippen LogP contribution in [0.25, 0.3) is 5.57 Å². The summed E-state index contributed by atoms with van der Waals surface area (Å²) in [5.74, 6) is -2.72. The molecule has 3 rings (SSSR count). The third-order valence-corrected chi connectivity index (χ3v) is 3.42. The predicted octanol–water partition coefficient (Wildman–Crippen LogP) is 1.69. The Morgan fingerprint density at radius 2 is 1.30 bits per heavy atom. The first-order valence-corrected chi connectivity index (χ1v) is 6.30. The molecule has 0 radical (unpaired) electrons. The van der Waals surface area contributed by atoms with Gasteiger partial charge in [0, 0.05) is 5.57 Å². The van der Waals surface area contributed by atoms with Gasteiger partial charge in [-0.05, 0) is 11.1 Å². The summed E-state index contributed by atoms with van der Waals surface area (Å²) in [6.45, 7) is 0. The van der Waals surface area contributed by atoms with E-state index in [1.807, 2.05) is 0 Å². The minimum Gasteiger partial charge on any atom is -0.870 e. The molecule has 0 fully saturated rings. The van der Waals surface area contributed by atoms with E-state index < -0.39 is 23.2 Å². The molecule has 0 saturated carbocycles. The highest BCUT2D eigenvalue weighted by Gasteiger charge is 2.37. The van der Waals surface area contributed by atoms with Gasteiger partial charge in [0.05, 0.1) is 0 Å². The fraction of sp³-hybridized carbons (Fsp3) is 0.0588. The first-order valence-electron chi connectivity index (χ1n) is 6.30. The Bertz CT molecular complexity index is 700. The molecule has 0 heterocycles. The van der Waals surface area contributed by atoms with E-state index in [1.165, 1.54) is 0 Å². The lowest BCUT2D eigenvalue weighted by atomic mass is 9.92. The number of allylic oxidation sites excluding steroid dienone is 2. The van der Waals surface area contributed by atoms with Gasteiger partial charge in [0.25, 0.3) is 0 Å². The number of hydrogen-bond acceptors (Lipinski definition) is 3. The third-order valence-electron chi connectivity index (χ3n) is 3.42. The maximum Gasteiger partial charge on any atom is 0.178 e. The van der Waals surface area contributed by atoms with Gasteiger partial charge < -0.3 is 5.11 Å². The molecule has 1 atom stereocenters. The van der Waals surface area contributed by atoms with Crippen molar-refractivity contribution < 1.29 is 14.7 Å². The van der Waals surface area contributed by atoms with E-state index in [9.17, 15) is 14.7 Å². The number of Topliss-reactive ketones (excluding diaryl/α,β-unsaturated/α-hetero) is 2. The van der Waals surface area contributed by atoms with E-state index in [4.69, 9.17) is 0 Å². The maximum absolute atomic E-state index is 12.4. The number of carbonyl (C=O) groups is 2. The maximum atomic E-state index is 12.4. The standard InChI is InChI=1S/C17H12O3/c18-15-13(11-7-3-1-4-8-11)16(19)17(20)14(15)12-9-5-2-6-10-12/h1-10,13,20H/p-1/t13-/m0/s1. The molecule has 0 aromatic heterocycles. The Labute approximate surface area is 116 Å². The van der Waals surface area contributed by atoms with Crippen LogP contribution in [0.2, 0.25) is 0 Å². The average molecular weight is 263 g/mol. The van der Waals surface area contributed by atoms with Gasteiger partial charge in [-0.2, -0.15) is 0 Å². The van der Waals surface area contributed by atoms with Gasteiger partial charge in [-0.3, -0.25) is 9.59 Å². The molecule has 0 bridgehead atoms. The van der Waals surface area contributed by atoms with Crippen molar-refractivity contribution in [1.82, 2.24) is 0 Å². The van der Waals surface area contributed by atoms with Crippen LogP contribution < -0.4 is 5.11 Å². The summed E-state index contributed by atoms with van der Waals surface area (Å²) in [4.78, 5) is 24.6. The first kappa shape index (κ1) is 12.4. The molecule has 20 heavy (non-hydrogen) atoms. The lowest BCUT2D eigenvalue weighted by Gasteiger charge is -2.09. The number of hydrogen-bond donors (Lipinski definition) is 0. The van der Waals surface area contributed by atoms with Crippen LogP contribution in [-0.2, 0) is 9.59 Å². The van der Waals surface area contributed by atoms with Crippen molar-refractivity contribution in [3.05, 3.63) is 77.5 Å². The van der Waals surface area contributed by atoms with Gasteiger partial charge in [0.15, 0.2) is 11.6 Å². The van der Waals surface area contributed by atoms with E-state index in [0.29, 0.717) is 11.1 Å². The zero-order valence-electron chi connectivity index (χ0n) is 10.6. The monoisotopic (exact) mass is 263 g/mol. The van der Waals surface area contributed by atoms with Crippen LogP contribution in [-0.4, -0.2) is 11.6 Å². The zero-order valence-corrected chi connectivity index (χ0v) is 10.6. The summed E-state index contributed by atoms with van der Waals surface area (Å²) >= 11 is 0. The van der Waals surface area contributed by atoms with Gasteiger partial charge in [-0.25, -0.2) is 0 Å². The molecule has 0 N–H and O–H groups in total. The lowest BCUT2D eigenvalue weighted by molar-refractivity contribution is -0.296. The van der Waals surface area contributed by atoms with Crippen molar-refractivity contribution in [1.29, 1.82) is 0 Å². The molecule has 1 aliphatic carbocycles. The van der Waals surface area contributed by atoms with Crippen LogP contribution >= 0.6 is 0 Å². The molecule has 3 nitrogen and oxygen atoms in total. The Morgan fingerprint density at radius 1 is 0.750 bits per heavy atom.